The highest BCUT2D eigenvalue weighted by Gasteiger charge is 2.27. The van der Waals surface area contributed by atoms with Gasteiger partial charge in [0.25, 0.3) is 0 Å². The number of carbonyl (C=O) groups excluding carboxylic acids is 2. The van der Waals surface area contributed by atoms with Crippen LogP contribution in [0.1, 0.15) is 38.8 Å². The van der Waals surface area contributed by atoms with Gasteiger partial charge in [-0.25, -0.2) is 4.79 Å². The first-order valence-electron chi connectivity index (χ1n) is 9.16. The Morgan fingerprint density at radius 2 is 1.92 bits per heavy atom. The van der Waals surface area contributed by atoms with Gasteiger partial charge in [-0.3, -0.25) is 9.69 Å². The maximum absolute atomic E-state index is 12.0. The Bertz CT molecular complexity index is 560. The molecule has 1 aliphatic heterocycles. The van der Waals surface area contributed by atoms with Crippen LogP contribution in [0.2, 0.25) is 0 Å². The molecule has 0 saturated carbocycles. The fraction of sp³-hybridized carbons (Fsp3) is 0.579. The molecule has 1 fully saturated rings. The minimum atomic E-state index is -0.264. The number of nitrogens with one attached hydrogen (secondary N) is 2. The molecule has 0 spiro atoms. The van der Waals surface area contributed by atoms with E-state index in [1.165, 1.54) is 5.56 Å². The first-order valence-corrected chi connectivity index (χ1v) is 9.16. The van der Waals surface area contributed by atoms with Gasteiger partial charge >= 0.3 is 6.03 Å². The number of amides is 3. The summed E-state index contributed by atoms with van der Waals surface area (Å²) in [7, 11) is 0. The van der Waals surface area contributed by atoms with Gasteiger partial charge in [0.2, 0.25) is 5.91 Å². The Morgan fingerprint density at radius 3 is 2.56 bits per heavy atom. The van der Waals surface area contributed by atoms with Crippen molar-refractivity contribution in [2.75, 3.05) is 32.7 Å². The van der Waals surface area contributed by atoms with Gasteiger partial charge in [-0.1, -0.05) is 30.3 Å². The predicted octanol–water partition coefficient (Wildman–Crippen LogP) is 1.99. The predicted molar refractivity (Wildman–Crippen MR) is 99.3 cm³/mol. The Balaban J connectivity index is 1.75. The van der Waals surface area contributed by atoms with Gasteiger partial charge in [0.05, 0.1) is 6.54 Å². The van der Waals surface area contributed by atoms with E-state index in [0.29, 0.717) is 19.1 Å². The van der Waals surface area contributed by atoms with Crippen LogP contribution in [0.25, 0.3) is 0 Å². The maximum Gasteiger partial charge on any atom is 0.315 e. The first kappa shape index (κ1) is 19.2. The zero-order chi connectivity index (χ0) is 18.2. The number of hydrogen-bond acceptors (Lipinski definition) is 3. The summed E-state index contributed by atoms with van der Waals surface area (Å²) >= 11 is 0. The quantitative estimate of drug-likeness (QED) is 0.794. The molecule has 6 heteroatoms. The standard InChI is InChI=1S/C19H30N4O2/c1-4-22(5-2)18(24)13-20-19(25)21-17-11-12-23(14-17)15(3)16-9-7-6-8-10-16/h6-10,15,17H,4-5,11-14H2,1-3H3,(H2,20,21,25)/t15-,17-/m0/s1. The van der Waals surface area contributed by atoms with Crippen molar-refractivity contribution >= 4 is 11.9 Å². The molecule has 1 aromatic carbocycles. The summed E-state index contributed by atoms with van der Waals surface area (Å²) in [6.45, 7) is 9.21. The lowest BCUT2D eigenvalue weighted by molar-refractivity contribution is -0.129. The van der Waals surface area contributed by atoms with Gasteiger partial charge in [0, 0.05) is 38.3 Å². The number of nitrogens with zero attached hydrogens (tertiary/aromatic N) is 2. The van der Waals surface area contributed by atoms with E-state index in [1.807, 2.05) is 19.9 Å². The minimum absolute atomic E-state index is 0.0460. The molecule has 1 heterocycles. The average Bonchev–Trinajstić information content (AvgIpc) is 3.09. The van der Waals surface area contributed by atoms with Crippen molar-refractivity contribution in [2.24, 2.45) is 0 Å². The molecular formula is C19H30N4O2. The van der Waals surface area contributed by atoms with E-state index >= 15 is 0 Å². The van der Waals surface area contributed by atoms with E-state index in [9.17, 15) is 9.59 Å². The first-order chi connectivity index (χ1) is 12.0. The van der Waals surface area contributed by atoms with E-state index < -0.39 is 0 Å². The van der Waals surface area contributed by atoms with Crippen LogP contribution in [-0.4, -0.2) is 60.5 Å². The van der Waals surface area contributed by atoms with Crippen molar-refractivity contribution in [3.63, 3.8) is 0 Å². The van der Waals surface area contributed by atoms with Gasteiger partial charge < -0.3 is 15.5 Å². The molecule has 0 aliphatic carbocycles. The van der Waals surface area contributed by atoms with E-state index in [4.69, 9.17) is 0 Å². The molecule has 2 N–H and O–H groups in total. The van der Waals surface area contributed by atoms with Crippen molar-refractivity contribution in [1.29, 1.82) is 0 Å². The van der Waals surface area contributed by atoms with Crippen LogP contribution in [0.15, 0.2) is 30.3 Å². The number of rotatable bonds is 7. The Labute approximate surface area is 150 Å². The van der Waals surface area contributed by atoms with Gasteiger partial charge in [-0.05, 0) is 32.8 Å². The van der Waals surface area contributed by atoms with Crippen LogP contribution in [-0.2, 0) is 4.79 Å². The monoisotopic (exact) mass is 346 g/mol. The fourth-order valence-electron chi connectivity index (χ4n) is 3.28. The zero-order valence-corrected chi connectivity index (χ0v) is 15.5. The highest BCUT2D eigenvalue weighted by Crippen LogP contribution is 2.24. The van der Waals surface area contributed by atoms with Gasteiger partial charge in [-0.2, -0.15) is 0 Å². The van der Waals surface area contributed by atoms with Gasteiger partial charge in [-0.15, -0.1) is 0 Å². The number of benzene rings is 1. The lowest BCUT2D eigenvalue weighted by Crippen LogP contribution is -2.47. The van der Waals surface area contributed by atoms with E-state index in [2.05, 4.69) is 46.7 Å². The molecule has 0 aromatic heterocycles. The zero-order valence-electron chi connectivity index (χ0n) is 15.5. The number of carbonyl (C=O) groups is 2. The second-order valence-electron chi connectivity index (χ2n) is 6.46. The van der Waals surface area contributed by atoms with Crippen molar-refractivity contribution in [3.8, 4) is 0 Å². The molecule has 2 atom stereocenters. The smallest absolute Gasteiger partial charge is 0.315 e. The van der Waals surface area contributed by atoms with Crippen LogP contribution >= 0.6 is 0 Å². The maximum atomic E-state index is 12.0. The van der Waals surface area contributed by atoms with Crippen molar-refractivity contribution in [1.82, 2.24) is 20.4 Å². The van der Waals surface area contributed by atoms with Crippen LogP contribution in [0.4, 0.5) is 4.79 Å². The highest BCUT2D eigenvalue weighted by molar-refractivity contribution is 5.84. The van der Waals surface area contributed by atoms with Crippen LogP contribution in [0, 0.1) is 0 Å². The summed E-state index contributed by atoms with van der Waals surface area (Å²) in [6, 6.07) is 10.6. The average molecular weight is 346 g/mol. The Morgan fingerprint density at radius 1 is 1.24 bits per heavy atom. The van der Waals surface area contributed by atoms with Crippen LogP contribution < -0.4 is 10.6 Å². The molecule has 2 rings (SSSR count). The molecule has 25 heavy (non-hydrogen) atoms. The SMILES string of the molecule is CCN(CC)C(=O)CNC(=O)N[C@H]1CCN([C@@H](C)c2ccccc2)C1. The third-order valence-corrected chi connectivity index (χ3v) is 4.90. The summed E-state index contributed by atoms with van der Waals surface area (Å²) in [5, 5.41) is 5.66. The molecule has 1 aromatic rings. The molecule has 0 radical (unpaired) electrons. The number of urea groups is 1. The Hall–Kier alpha value is -2.08. The second-order valence-corrected chi connectivity index (χ2v) is 6.46. The van der Waals surface area contributed by atoms with E-state index in [-0.39, 0.29) is 24.5 Å². The lowest BCUT2D eigenvalue weighted by atomic mass is 10.1. The fourth-order valence-corrected chi connectivity index (χ4v) is 3.28. The molecule has 6 nitrogen and oxygen atoms in total. The van der Waals surface area contributed by atoms with Crippen molar-refractivity contribution in [2.45, 2.75) is 39.3 Å². The lowest BCUT2D eigenvalue weighted by Gasteiger charge is -2.25. The number of likely N-dealkylation sites (N-methyl/N-ethyl adjacent to an activating group) is 1. The summed E-state index contributed by atoms with van der Waals surface area (Å²) < 4.78 is 0. The molecule has 138 valence electrons. The van der Waals surface area contributed by atoms with Gasteiger partial charge in [0.15, 0.2) is 0 Å². The molecule has 3 amide bonds. The number of hydrogen-bond donors (Lipinski definition) is 2. The summed E-state index contributed by atoms with van der Waals surface area (Å²) in [5.74, 6) is -0.0501. The molecule has 1 aliphatic rings. The van der Waals surface area contributed by atoms with Gasteiger partial charge in [0.1, 0.15) is 0 Å². The molecule has 1 saturated heterocycles. The van der Waals surface area contributed by atoms with Crippen LogP contribution in [0.5, 0.6) is 0 Å². The normalized spacial score (nSPS) is 18.6. The van der Waals surface area contributed by atoms with Crippen molar-refractivity contribution < 1.29 is 9.59 Å². The van der Waals surface area contributed by atoms with Crippen LogP contribution in [0.3, 0.4) is 0 Å². The summed E-state index contributed by atoms with van der Waals surface area (Å²) in [6.07, 6.45) is 0.925. The topological polar surface area (TPSA) is 64.7 Å². The molecule has 0 bridgehead atoms. The van der Waals surface area contributed by atoms with E-state index in [0.717, 1.165) is 19.5 Å². The third kappa shape index (κ3) is 5.46. The molecular weight excluding hydrogens is 316 g/mol. The Kier molecular flexibility index (Phi) is 7.25. The largest absolute Gasteiger partial charge is 0.342 e. The summed E-state index contributed by atoms with van der Waals surface area (Å²) in [5.41, 5.74) is 1.29. The third-order valence-electron chi connectivity index (χ3n) is 4.90. The van der Waals surface area contributed by atoms with Crippen molar-refractivity contribution in [3.05, 3.63) is 35.9 Å². The minimum Gasteiger partial charge on any atom is -0.342 e. The number of likely N-dealkylation sites (tertiary alicyclic amines) is 1. The summed E-state index contributed by atoms with van der Waals surface area (Å²) in [4.78, 5) is 28.0. The molecule has 0 unspecified atom stereocenters. The highest BCUT2D eigenvalue weighted by atomic mass is 16.2. The van der Waals surface area contributed by atoms with E-state index in [1.54, 1.807) is 4.90 Å². The second kappa shape index (κ2) is 9.42.